The van der Waals surface area contributed by atoms with Crippen molar-refractivity contribution in [2.45, 2.75) is 0 Å². The third-order valence-electron chi connectivity index (χ3n) is 2.02. The maximum absolute atomic E-state index is 5.66. The molecule has 0 bridgehead atoms. The Morgan fingerprint density at radius 2 is 2.33 bits per heavy atom. The van der Waals surface area contributed by atoms with Crippen molar-refractivity contribution in [1.29, 1.82) is 0 Å². The molecular formula is C9H7N5O. The molecule has 0 radical (unpaired) electrons. The van der Waals surface area contributed by atoms with E-state index in [4.69, 9.17) is 10.2 Å². The molecule has 15 heavy (non-hydrogen) atoms. The van der Waals surface area contributed by atoms with Crippen LogP contribution in [0.4, 0.5) is 5.82 Å². The van der Waals surface area contributed by atoms with Crippen molar-refractivity contribution in [1.82, 2.24) is 19.6 Å². The summed E-state index contributed by atoms with van der Waals surface area (Å²) in [5.41, 5.74) is 6.19. The first-order chi connectivity index (χ1) is 7.34. The molecule has 0 aliphatic rings. The highest BCUT2D eigenvalue weighted by atomic mass is 16.3. The Bertz CT molecular complexity index is 598. The lowest BCUT2D eigenvalue weighted by Crippen LogP contribution is -1.95. The van der Waals surface area contributed by atoms with Gasteiger partial charge in [0.05, 0.1) is 6.26 Å². The third kappa shape index (κ3) is 1.15. The lowest BCUT2D eigenvalue weighted by molar-refractivity contribution is 0.577. The van der Waals surface area contributed by atoms with Crippen molar-refractivity contribution in [3.05, 3.63) is 30.8 Å². The highest BCUT2D eigenvalue weighted by Crippen LogP contribution is 2.17. The van der Waals surface area contributed by atoms with Gasteiger partial charge in [-0.15, -0.1) is 5.10 Å². The van der Waals surface area contributed by atoms with Gasteiger partial charge < -0.3 is 10.2 Å². The standard InChI is InChI=1S/C9H7N5O/c10-7-9-12-8(6-2-1-5-15-6)13-14(9)4-3-11-7/h1-5H,(H2,10,11). The minimum atomic E-state index is 0.350. The first kappa shape index (κ1) is 7.98. The van der Waals surface area contributed by atoms with Crippen LogP contribution >= 0.6 is 0 Å². The molecule has 0 saturated carbocycles. The average Bonchev–Trinajstić information content (AvgIpc) is 2.86. The summed E-state index contributed by atoms with van der Waals surface area (Å²) >= 11 is 0. The zero-order valence-corrected chi connectivity index (χ0v) is 7.66. The van der Waals surface area contributed by atoms with Crippen molar-refractivity contribution >= 4 is 11.5 Å². The van der Waals surface area contributed by atoms with E-state index in [-0.39, 0.29) is 0 Å². The van der Waals surface area contributed by atoms with Crippen LogP contribution in [0.1, 0.15) is 0 Å². The summed E-state index contributed by atoms with van der Waals surface area (Å²) in [7, 11) is 0. The number of furan rings is 1. The Balaban J connectivity index is 2.27. The summed E-state index contributed by atoms with van der Waals surface area (Å²) < 4.78 is 6.76. The van der Waals surface area contributed by atoms with Crippen LogP contribution in [0.2, 0.25) is 0 Å². The Labute approximate surface area is 84.4 Å². The normalized spacial score (nSPS) is 10.9. The summed E-state index contributed by atoms with van der Waals surface area (Å²) in [5.74, 6) is 1.46. The lowest BCUT2D eigenvalue weighted by Gasteiger charge is -1.91. The first-order valence-electron chi connectivity index (χ1n) is 4.35. The highest BCUT2D eigenvalue weighted by Gasteiger charge is 2.10. The van der Waals surface area contributed by atoms with Gasteiger partial charge in [0.15, 0.2) is 17.2 Å². The smallest absolute Gasteiger partial charge is 0.218 e. The van der Waals surface area contributed by atoms with Crippen LogP contribution in [0.3, 0.4) is 0 Å². The molecule has 0 unspecified atom stereocenters. The van der Waals surface area contributed by atoms with Gasteiger partial charge in [0.1, 0.15) is 0 Å². The molecule has 0 aliphatic carbocycles. The summed E-state index contributed by atoms with van der Waals surface area (Å²) in [4.78, 5) is 8.15. The Hall–Kier alpha value is -2.37. The van der Waals surface area contributed by atoms with Gasteiger partial charge in [-0.1, -0.05) is 0 Å². The van der Waals surface area contributed by atoms with Crippen LogP contribution in [0.5, 0.6) is 0 Å². The number of anilines is 1. The zero-order chi connectivity index (χ0) is 10.3. The van der Waals surface area contributed by atoms with Gasteiger partial charge in [0.25, 0.3) is 0 Å². The molecule has 3 rings (SSSR count). The van der Waals surface area contributed by atoms with Crippen molar-refractivity contribution in [3.8, 4) is 11.6 Å². The number of hydrogen-bond acceptors (Lipinski definition) is 5. The fraction of sp³-hybridized carbons (Fsp3) is 0. The van der Waals surface area contributed by atoms with Crippen LogP contribution in [0, 0.1) is 0 Å². The van der Waals surface area contributed by atoms with E-state index in [1.165, 1.54) is 0 Å². The first-order valence-corrected chi connectivity index (χ1v) is 4.35. The topological polar surface area (TPSA) is 82.2 Å². The van der Waals surface area contributed by atoms with Crippen LogP contribution < -0.4 is 5.73 Å². The van der Waals surface area contributed by atoms with E-state index >= 15 is 0 Å². The largest absolute Gasteiger partial charge is 0.461 e. The SMILES string of the molecule is Nc1nccn2nc(-c3ccco3)nc12. The van der Waals surface area contributed by atoms with Gasteiger partial charge in [-0.2, -0.15) is 0 Å². The Morgan fingerprint density at radius 1 is 1.40 bits per heavy atom. The van der Waals surface area contributed by atoms with Crippen molar-refractivity contribution < 1.29 is 4.42 Å². The quantitative estimate of drug-likeness (QED) is 0.634. The zero-order valence-electron chi connectivity index (χ0n) is 7.66. The van der Waals surface area contributed by atoms with Gasteiger partial charge in [-0.05, 0) is 12.1 Å². The number of rotatable bonds is 1. The van der Waals surface area contributed by atoms with E-state index in [2.05, 4.69) is 15.1 Å². The van der Waals surface area contributed by atoms with E-state index in [9.17, 15) is 0 Å². The number of nitrogens with two attached hydrogens (primary N) is 1. The fourth-order valence-corrected chi connectivity index (χ4v) is 1.35. The molecule has 0 spiro atoms. The fourth-order valence-electron chi connectivity index (χ4n) is 1.35. The van der Waals surface area contributed by atoms with Crippen LogP contribution in [0.15, 0.2) is 35.2 Å². The molecule has 0 fully saturated rings. The number of hydrogen-bond donors (Lipinski definition) is 1. The van der Waals surface area contributed by atoms with Gasteiger partial charge >= 0.3 is 0 Å². The number of fused-ring (bicyclic) bond motifs is 1. The molecule has 6 heteroatoms. The molecule has 3 heterocycles. The second kappa shape index (κ2) is 2.81. The average molecular weight is 201 g/mol. The molecule has 74 valence electrons. The van der Waals surface area contributed by atoms with Crippen LogP contribution in [-0.4, -0.2) is 19.6 Å². The minimum absolute atomic E-state index is 0.350. The van der Waals surface area contributed by atoms with Crippen molar-refractivity contribution in [2.75, 3.05) is 5.73 Å². The number of aromatic nitrogens is 4. The minimum Gasteiger partial charge on any atom is -0.461 e. The van der Waals surface area contributed by atoms with Gasteiger partial charge in [0, 0.05) is 12.4 Å². The monoisotopic (exact) mass is 201 g/mol. The highest BCUT2D eigenvalue weighted by molar-refractivity contribution is 5.62. The van der Waals surface area contributed by atoms with Crippen LogP contribution in [-0.2, 0) is 0 Å². The van der Waals surface area contributed by atoms with Crippen LogP contribution in [0.25, 0.3) is 17.2 Å². The van der Waals surface area contributed by atoms with Gasteiger partial charge in [-0.25, -0.2) is 14.5 Å². The lowest BCUT2D eigenvalue weighted by atomic mass is 10.4. The predicted molar refractivity (Wildman–Crippen MR) is 52.9 cm³/mol. The second-order valence-corrected chi connectivity index (χ2v) is 2.99. The van der Waals surface area contributed by atoms with E-state index < -0.39 is 0 Å². The molecule has 0 aliphatic heterocycles. The molecular weight excluding hydrogens is 194 g/mol. The van der Waals surface area contributed by atoms with Gasteiger partial charge in [-0.3, -0.25) is 0 Å². The molecule has 0 aromatic carbocycles. The Kier molecular flexibility index (Phi) is 1.49. The maximum Gasteiger partial charge on any atom is 0.218 e. The Morgan fingerprint density at radius 3 is 3.07 bits per heavy atom. The van der Waals surface area contributed by atoms with Gasteiger partial charge in [0.2, 0.25) is 5.82 Å². The molecule has 0 saturated heterocycles. The summed E-state index contributed by atoms with van der Waals surface area (Å²) in [6.45, 7) is 0. The summed E-state index contributed by atoms with van der Waals surface area (Å²) in [6.07, 6.45) is 4.83. The number of nitrogens with zero attached hydrogens (tertiary/aromatic N) is 4. The maximum atomic E-state index is 5.66. The molecule has 2 N–H and O–H groups in total. The van der Waals surface area contributed by atoms with Crippen molar-refractivity contribution in [2.24, 2.45) is 0 Å². The summed E-state index contributed by atoms with van der Waals surface area (Å²) in [5, 5.41) is 4.21. The van der Waals surface area contributed by atoms with E-state index in [1.807, 2.05) is 0 Å². The summed E-state index contributed by atoms with van der Waals surface area (Å²) in [6, 6.07) is 3.57. The van der Waals surface area contributed by atoms with E-state index in [0.29, 0.717) is 23.0 Å². The number of nitrogen functional groups attached to an aromatic ring is 1. The predicted octanol–water partition coefficient (Wildman–Crippen LogP) is 0.966. The molecule has 0 amide bonds. The third-order valence-corrected chi connectivity index (χ3v) is 2.02. The molecule has 3 aromatic heterocycles. The molecule has 0 atom stereocenters. The van der Waals surface area contributed by atoms with E-state index in [0.717, 1.165) is 0 Å². The molecule has 3 aromatic rings. The van der Waals surface area contributed by atoms with E-state index in [1.54, 1.807) is 35.3 Å². The van der Waals surface area contributed by atoms with Crippen molar-refractivity contribution in [3.63, 3.8) is 0 Å². The molecule has 6 nitrogen and oxygen atoms in total. The second-order valence-electron chi connectivity index (χ2n) is 2.99.